The van der Waals surface area contributed by atoms with E-state index in [0.29, 0.717) is 31.9 Å². The summed E-state index contributed by atoms with van der Waals surface area (Å²) < 4.78 is 19.0. The second-order valence-electron chi connectivity index (χ2n) is 6.25. The molecule has 0 spiro atoms. The normalized spacial score (nSPS) is 20.0. The maximum atomic E-state index is 13.6. The Labute approximate surface area is 140 Å². The Bertz CT molecular complexity index is 778. The Hall–Kier alpha value is -2.24. The van der Waals surface area contributed by atoms with E-state index in [1.165, 1.54) is 12.1 Å². The van der Waals surface area contributed by atoms with Crippen molar-refractivity contribution in [2.24, 2.45) is 0 Å². The van der Waals surface area contributed by atoms with E-state index in [9.17, 15) is 9.18 Å². The summed E-state index contributed by atoms with van der Waals surface area (Å²) in [7, 11) is 0. The maximum absolute atomic E-state index is 13.6. The first-order chi connectivity index (χ1) is 11.7. The zero-order chi connectivity index (χ0) is 16.5. The van der Waals surface area contributed by atoms with E-state index in [4.69, 9.17) is 4.74 Å². The van der Waals surface area contributed by atoms with Crippen LogP contribution < -0.4 is 5.32 Å². The number of ether oxygens (including phenoxy) is 1. The number of fused-ring (bicyclic) bond motifs is 1. The van der Waals surface area contributed by atoms with Crippen LogP contribution in [-0.4, -0.2) is 30.4 Å². The smallest absolute Gasteiger partial charge is 0.254 e. The molecule has 124 valence electrons. The van der Waals surface area contributed by atoms with Crippen LogP contribution in [-0.2, 0) is 18.0 Å². The summed E-state index contributed by atoms with van der Waals surface area (Å²) in [6.45, 7) is 3.15. The lowest BCUT2D eigenvalue weighted by molar-refractivity contribution is 0.0634. The topological polar surface area (TPSA) is 41.6 Å². The highest BCUT2D eigenvalue weighted by molar-refractivity contribution is 5.95. The third-order valence-corrected chi connectivity index (χ3v) is 4.71. The molecule has 2 aromatic carbocycles. The van der Waals surface area contributed by atoms with Gasteiger partial charge in [-0.1, -0.05) is 18.2 Å². The maximum Gasteiger partial charge on any atom is 0.254 e. The number of nitrogens with one attached hydrogen (secondary N) is 1. The number of hydrogen-bond donors (Lipinski definition) is 1. The lowest BCUT2D eigenvalue weighted by Gasteiger charge is -2.36. The van der Waals surface area contributed by atoms with Crippen molar-refractivity contribution in [1.82, 2.24) is 10.2 Å². The zero-order valence-corrected chi connectivity index (χ0v) is 13.3. The van der Waals surface area contributed by atoms with Crippen molar-refractivity contribution in [1.29, 1.82) is 0 Å². The van der Waals surface area contributed by atoms with Crippen molar-refractivity contribution in [3.05, 3.63) is 70.5 Å². The summed E-state index contributed by atoms with van der Waals surface area (Å²) >= 11 is 0. The highest BCUT2D eigenvalue weighted by Gasteiger charge is 2.29. The average molecular weight is 326 g/mol. The number of amides is 1. The number of carbonyl (C=O) groups is 1. The number of piperazine rings is 1. The first kappa shape index (κ1) is 15.3. The number of rotatable bonds is 2. The van der Waals surface area contributed by atoms with Gasteiger partial charge in [0.1, 0.15) is 5.82 Å². The van der Waals surface area contributed by atoms with Gasteiger partial charge in [-0.05, 0) is 41.0 Å². The number of nitrogens with zero attached hydrogens (tertiary/aromatic N) is 1. The van der Waals surface area contributed by atoms with Crippen LogP contribution in [0.2, 0.25) is 0 Å². The van der Waals surface area contributed by atoms with Gasteiger partial charge in [0.05, 0.1) is 19.3 Å². The van der Waals surface area contributed by atoms with E-state index in [2.05, 4.69) is 5.32 Å². The number of carbonyl (C=O) groups excluding carboxylic acids is 1. The Kier molecular flexibility index (Phi) is 4.04. The van der Waals surface area contributed by atoms with E-state index >= 15 is 0 Å². The minimum Gasteiger partial charge on any atom is -0.372 e. The summed E-state index contributed by atoms with van der Waals surface area (Å²) in [5.74, 6) is -0.291. The Morgan fingerprint density at radius 2 is 2.04 bits per heavy atom. The first-order valence-corrected chi connectivity index (χ1v) is 8.19. The van der Waals surface area contributed by atoms with Gasteiger partial charge in [-0.2, -0.15) is 0 Å². The predicted octanol–water partition coefficient (Wildman–Crippen LogP) is 2.64. The number of hydrogen-bond acceptors (Lipinski definition) is 3. The molecule has 2 aromatic rings. The van der Waals surface area contributed by atoms with Gasteiger partial charge in [0.2, 0.25) is 0 Å². The molecule has 2 heterocycles. The van der Waals surface area contributed by atoms with Crippen molar-refractivity contribution in [2.45, 2.75) is 19.3 Å². The lowest BCUT2D eigenvalue weighted by atomic mass is 10.0. The molecule has 1 amide bonds. The molecule has 5 heteroatoms. The Balaban J connectivity index is 1.64. The van der Waals surface area contributed by atoms with Crippen LogP contribution >= 0.6 is 0 Å². The third kappa shape index (κ3) is 2.81. The monoisotopic (exact) mass is 326 g/mol. The second-order valence-corrected chi connectivity index (χ2v) is 6.25. The minimum atomic E-state index is -0.278. The van der Waals surface area contributed by atoms with Crippen molar-refractivity contribution in [2.75, 3.05) is 19.6 Å². The summed E-state index contributed by atoms with van der Waals surface area (Å²) in [4.78, 5) is 14.9. The molecule has 2 aliphatic rings. The molecule has 4 rings (SSSR count). The SMILES string of the molecule is O=C(c1ccc2c(c1)COC2)N1CCNCC1c1cccc(F)c1. The highest BCUT2D eigenvalue weighted by Crippen LogP contribution is 2.27. The van der Waals surface area contributed by atoms with E-state index in [-0.39, 0.29) is 17.8 Å². The van der Waals surface area contributed by atoms with Crippen molar-refractivity contribution < 1.29 is 13.9 Å². The van der Waals surface area contributed by atoms with Gasteiger partial charge in [-0.25, -0.2) is 4.39 Å². The molecule has 1 saturated heterocycles. The first-order valence-electron chi connectivity index (χ1n) is 8.19. The minimum absolute atomic E-state index is 0.0135. The van der Waals surface area contributed by atoms with Gasteiger partial charge in [0.15, 0.2) is 0 Å². The lowest BCUT2D eigenvalue weighted by Crippen LogP contribution is -2.48. The molecule has 1 atom stereocenters. The van der Waals surface area contributed by atoms with E-state index in [1.54, 1.807) is 6.07 Å². The molecule has 0 aromatic heterocycles. The highest BCUT2D eigenvalue weighted by atomic mass is 19.1. The fourth-order valence-corrected chi connectivity index (χ4v) is 3.43. The number of halogens is 1. The van der Waals surface area contributed by atoms with Crippen LogP contribution in [0.1, 0.15) is 33.1 Å². The van der Waals surface area contributed by atoms with Crippen molar-refractivity contribution in [3.63, 3.8) is 0 Å². The Morgan fingerprint density at radius 1 is 1.17 bits per heavy atom. The summed E-state index contributed by atoms with van der Waals surface area (Å²) in [6.07, 6.45) is 0. The summed E-state index contributed by atoms with van der Waals surface area (Å²) in [5, 5.41) is 3.29. The predicted molar refractivity (Wildman–Crippen MR) is 88.0 cm³/mol. The van der Waals surface area contributed by atoms with E-state index in [0.717, 1.165) is 23.2 Å². The average Bonchev–Trinajstić information content (AvgIpc) is 3.09. The van der Waals surface area contributed by atoms with Gasteiger partial charge in [0.25, 0.3) is 5.91 Å². The molecule has 1 N–H and O–H groups in total. The zero-order valence-electron chi connectivity index (χ0n) is 13.3. The van der Waals surface area contributed by atoms with Crippen LogP contribution in [0.4, 0.5) is 4.39 Å². The fraction of sp³-hybridized carbons (Fsp3) is 0.316. The van der Waals surface area contributed by atoms with Crippen LogP contribution in [0.15, 0.2) is 42.5 Å². The molecule has 4 nitrogen and oxygen atoms in total. The second kappa shape index (κ2) is 6.34. The molecular weight excluding hydrogens is 307 g/mol. The summed E-state index contributed by atoms with van der Waals surface area (Å²) in [5.41, 5.74) is 3.72. The van der Waals surface area contributed by atoms with Gasteiger partial charge < -0.3 is 15.0 Å². The molecule has 1 fully saturated rings. The van der Waals surface area contributed by atoms with Gasteiger partial charge in [0, 0.05) is 25.2 Å². The van der Waals surface area contributed by atoms with Gasteiger partial charge in [-0.15, -0.1) is 0 Å². The van der Waals surface area contributed by atoms with Crippen LogP contribution in [0.25, 0.3) is 0 Å². The molecular formula is C19H19FN2O2. The molecule has 24 heavy (non-hydrogen) atoms. The fourth-order valence-electron chi connectivity index (χ4n) is 3.43. The molecule has 2 aliphatic heterocycles. The molecule has 1 unspecified atom stereocenters. The van der Waals surface area contributed by atoms with Crippen molar-refractivity contribution in [3.8, 4) is 0 Å². The molecule has 0 radical (unpaired) electrons. The standard InChI is InChI=1S/C19H19FN2O2/c20-17-3-1-2-13(9-17)18-10-21-6-7-22(18)19(23)14-4-5-15-11-24-12-16(15)8-14/h1-5,8-9,18,21H,6-7,10-12H2. The largest absolute Gasteiger partial charge is 0.372 e. The third-order valence-electron chi connectivity index (χ3n) is 4.71. The van der Waals surface area contributed by atoms with Crippen LogP contribution in [0.5, 0.6) is 0 Å². The van der Waals surface area contributed by atoms with Gasteiger partial charge >= 0.3 is 0 Å². The van der Waals surface area contributed by atoms with E-state index in [1.807, 2.05) is 29.2 Å². The number of benzene rings is 2. The van der Waals surface area contributed by atoms with Crippen molar-refractivity contribution >= 4 is 5.91 Å². The van der Waals surface area contributed by atoms with E-state index < -0.39 is 0 Å². The van der Waals surface area contributed by atoms with Crippen LogP contribution in [0, 0.1) is 5.82 Å². The van der Waals surface area contributed by atoms with Crippen LogP contribution in [0.3, 0.4) is 0 Å². The Morgan fingerprint density at radius 3 is 2.92 bits per heavy atom. The quantitative estimate of drug-likeness (QED) is 0.922. The molecule has 0 saturated carbocycles. The molecule has 0 bridgehead atoms. The summed E-state index contributed by atoms with van der Waals surface area (Å²) in [6, 6.07) is 12.1. The molecule has 0 aliphatic carbocycles. The van der Waals surface area contributed by atoms with Gasteiger partial charge in [-0.3, -0.25) is 4.79 Å².